The number of hydrogen-bond donors (Lipinski definition) is 3. The van der Waals surface area contributed by atoms with Crippen LogP contribution in [0.15, 0.2) is 18.2 Å². The third kappa shape index (κ3) is 4.43. The molecule has 5 rings (SSSR count). The van der Waals surface area contributed by atoms with Crippen LogP contribution in [-0.4, -0.2) is 38.7 Å². The first kappa shape index (κ1) is 22.1. The van der Waals surface area contributed by atoms with Gasteiger partial charge in [0.15, 0.2) is 5.78 Å². The van der Waals surface area contributed by atoms with Gasteiger partial charge in [-0.2, -0.15) is 5.10 Å². The Labute approximate surface area is 194 Å². The summed E-state index contributed by atoms with van der Waals surface area (Å²) < 4.78 is 1.90. The highest BCUT2D eigenvalue weighted by atomic mass is 16.3. The summed E-state index contributed by atoms with van der Waals surface area (Å²) in [5.74, 6) is 0.297. The minimum atomic E-state index is -0.512. The van der Waals surface area contributed by atoms with Crippen molar-refractivity contribution in [3.8, 4) is 5.69 Å². The molecule has 1 amide bonds. The predicted octanol–water partition coefficient (Wildman–Crippen LogP) is 3.79. The van der Waals surface area contributed by atoms with Gasteiger partial charge in [0.1, 0.15) is 0 Å². The van der Waals surface area contributed by atoms with Crippen LogP contribution in [0.3, 0.4) is 0 Å². The number of rotatable bonds is 6. The highest BCUT2D eigenvalue weighted by Crippen LogP contribution is 2.40. The molecule has 1 heterocycles. The second-order valence-electron chi connectivity index (χ2n) is 11.0. The van der Waals surface area contributed by atoms with Gasteiger partial charge >= 0.3 is 0 Å². The van der Waals surface area contributed by atoms with Crippen molar-refractivity contribution in [2.24, 2.45) is 17.1 Å². The molecule has 176 valence electrons. The quantitative estimate of drug-likeness (QED) is 0.620. The van der Waals surface area contributed by atoms with Gasteiger partial charge in [-0.05, 0) is 68.1 Å². The van der Waals surface area contributed by atoms with Crippen LogP contribution in [0, 0.1) is 11.3 Å². The first-order chi connectivity index (χ1) is 15.7. The number of fused-ring (bicyclic) bond motifs is 1. The van der Waals surface area contributed by atoms with Crippen LogP contribution in [0.2, 0.25) is 0 Å². The number of aliphatic hydroxyl groups excluding tert-OH is 1. The van der Waals surface area contributed by atoms with E-state index in [9.17, 15) is 14.7 Å². The average molecular weight is 451 g/mol. The van der Waals surface area contributed by atoms with E-state index in [4.69, 9.17) is 10.8 Å². The summed E-state index contributed by atoms with van der Waals surface area (Å²) >= 11 is 0. The molecule has 2 unspecified atom stereocenters. The Kier molecular flexibility index (Phi) is 5.55. The zero-order valence-corrected chi connectivity index (χ0v) is 19.6. The summed E-state index contributed by atoms with van der Waals surface area (Å²) in [5, 5.41) is 18.8. The van der Waals surface area contributed by atoms with Crippen LogP contribution in [0.25, 0.3) is 5.69 Å². The summed E-state index contributed by atoms with van der Waals surface area (Å²) in [5.41, 5.74) is 10.0. The van der Waals surface area contributed by atoms with Crippen LogP contribution < -0.4 is 11.1 Å². The molecule has 3 aliphatic carbocycles. The van der Waals surface area contributed by atoms with E-state index in [1.807, 2.05) is 16.8 Å². The maximum Gasteiger partial charge on any atom is 0.250 e. The number of Topliss-reactive ketones (excluding diaryl/α,β-unsaturated/α-hetero) is 1. The number of aromatic nitrogens is 2. The SMILES string of the molecule is CC1(C)CC(=O)c2c(CC3CC3)nn(-c3ccc(C(N)=O)c(NC4CCCCC4O)c3)c2C1. The molecule has 1 aromatic heterocycles. The predicted molar refractivity (Wildman–Crippen MR) is 127 cm³/mol. The molecule has 2 aromatic rings. The Morgan fingerprint density at radius 2 is 1.97 bits per heavy atom. The van der Waals surface area contributed by atoms with Gasteiger partial charge in [-0.3, -0.25) is 9.59 Å². The third-order valence-electron chi connectivity index (χ3n) is 7.38. The molecular weight excluding hydrogens is 416 g/mol. The number of amides is 1. The molecule has 2 atom stereocenters. The second kappa shape index (κ2) is 8.28. The summed E-state index contributed by atoms with van der Waals surface area (Å²) in [6, 6.07) is 5.34. The fourth-order valence-electron chi connectivity index (χ4n) is 5.46. The third-order valence-corrected chi connectivity index (χ3v) is 7.38. The lowest BCUT2D eigenvalue weighted by Gasteiger charge is -2.30. The van der Waals surface area contributed by atoms with Crippen LogP contribution in [0.1, 0.15) is 90.9 Å². The highest BCUT2D eigenvalue weighted by Gasteiger charge is 2.38. The number of benzene rings is 1. The van der Waals surface area contributed by atoms with Crippen molar-refractivity contribution in [2.75, 3.05) is 5.32 Å². The van der Waals surface area contributed by atoms with Gasteiger partial charge in [0.2, 0.25) is 0 Å². The molecule has 0 radical (unpaired) electrons. The van der Waals surface area contributed by atoms with Crippen molar-refractivity contribution in [3.05, 3.63) is 40.7 Å². The summed E-state index contributed by atoms with van der Waals surface area (Å²) in [7, 11) is 0. The molecular formula is C26H34N4O3. The number of primary amides is 1. The first-order valence-corrected chi connectivity index (χ1v) is 12.2. The fraction of sp³-hybridized carbons (Fsp3) is 0.577. The van der Waals surface area contributed by atoms with Gasteiger partial charge < -0.3 is 16.2 Å². The van der Waals surface area contributed by atoms with Gasteiger partial charge in [0.25, 0.3) is 5.91 Å². The lowest BCUT2D eigenvalue weighted by atomic mass is 9.75. The number of nitrogens with one attached hydrogen (secondary N) is 1. The lowest BCUT2D eigenvalue weighted by Crippen LogP contribution is -2.37. The van der Waals surface area contributed by atoms with Gasteiger partial charge in [0, 0.05) is 12.1 Å². The van der Waals surface area contributed by atoms with Crippen LogP contribution in [0.4, 0.5) is 5.69 Å². The van der Waals surface area contributed by atoms with E-state index in [1.165, 1.54) is 12.8 Å². The van der Waals surface area contributed by atoms with Crippen molar-refractivity contribution >= 4 is 17.4 Å². The zero-order chi connectivity index (χ0) is 23.3. The standard InChI is InChI=1S/C26H34N4O3/c1-26(2)13-21-24(23(32)14-26)20(11-15-7-8-15)29-30(21)16-9-10-17(25(27)33)19(12-16)28-18-5-3-4-6-22(18)31/h9-10,12,15,18,22,28,31H,3-8,11,13-14H2,1-2H3,(H2,27,33). The number of carbonyl (C=O) groups is 2. The molecule has 3 aliphatic rings. The number of aliphatic hydroxyl groups is 1. The van der Waals surface area contributed by atoms with Gasteiger partial charge in [-0.1, -0.05) is 26.7 Å². The molecule has 0 spiro atoms. The Hall–Kier alpha value is -2.67. The Morgan fingerprint density at radius 3 is 2.67 bits per heavy atom. The van der Waals surface area contributed by atoms with Crippen LogP contribution >= 0.6 is 0 Å². The number of nitrogens with two attached hydrogens (primary N) is 1. The summed E-state index contributed by atoms with van der Waals surface area (Å²) in [4.78, 5) is 25.3. The van der Waals surface area contributed by atoms with Crippen molar-refractivity contribution in [1.29, 1.82) is 0 Å². The lowest BCUT2D eigenvalue weighted by molar-refractivity contribution is 0.0909. The molecule has 33 heavy (non-hydrogen) atoms. The monoisotopic (exact) mass is 450 g/mol. The van der Waals surface area contributed by atoms with Gasteiger partial charge in [-0.25, -0.2) is 4.68 Å². The Morgan fingerprint density at radius 1 is 1.21 bits per heavy atom. The Balaban J connectivity index is 1.57. The summed E-state index contributed by atoms with van der Waals surface area (Å²) in [6.07, 6.45) is 7.74. The average Bonchev–Trinajstić information content (AvgIpc) is 3.48. The van der Waals surface area contributed by atoms with E-state index < -0.39 is 12.0 Å². The van der Waals surface area contributed by atoms with Crippen molar-refractivity contribution in [1.82, 2.24) is 9.78 Å². The number of nitrogens with zero attached hydrogens (tertiary/aromatic N) is 2. The highest BCUT2D eigenvalue weighted by molar-refractivity contribution is 6.00. The molecule has 0 aliphatic heterocycles. The van der Waals surface area contributed by atoms with Crippen molar-refractivity contribution in [2.45, 2.75) is 83.8 Å². The van der Waals surface area contributed by atoms with E-state index in [0.717, 1.165) is 61.2 Å². The molecule has 4 N–H and O–H groups in total. The van der Waals surface area contributed by atoms with Gasteiger partial charge in [-0.15, -0.1) is 0 Å². The fourth-order valence-corrected chi connectivity index (χ4v) is 5.46. The second-order valence-corrected chi connectivity index (χ2v) is 11.0. The minimum Gasteiger partial charge on any atom is -0.391 e. The largest absolute Gasteiger partial charge is 0.391 e. The number of ketones is 1. The molecule has 7 heteroatoms. The van der Waals surface area contributed by atoms with E-state index in [-0.39, 0.29) is 17.2 Å². The maximum absolute atomic E-state index is 13.1. The topological polar surface area (TPSA) is 110 Å². The summed E-state index contributed by atoms with van der Waals surface area (Å²) in [6.45, 7) is 4.25. The normalized spacial score (nSPS) is 24.4. The van der Waals surface area contributed by atoms with Crippen molar-refractivity contribution < 1.29 is 14.7 Å². The van der Waals surface area contributed by atoms with Crippen LogP contribution in [-0.2, 0) is 12.8 Å². The smallest absolute Gasteiger partial charge is 0.250 e. The zero-order valence-electron chi connectivity index (χ0n) is 19.6. The maximum atomic E-state index is 13.1. The van der Waals surface area contributed by atoms with E-state index in [2.05, 4.69) is 19.2 Å². The molecule has 0 bridgehead atoms. The molecule has 0 saturated heterocycles. The molecule has 1 aromatic carbocycles. The van der Waals surface area contributed by atoms with E-state index in [1.54, 1.807) is 6.07 Å². The van der Waals surface area contributed by atoms with Gasteiger partial charge in [0.05, 0.1) is 40.3 Å². The molecule has 2 saturated carbocycles. The number of anilines is 1. The first-order valence-electron chi connectivity index (χ1n) is 12.2. The number of carbonyl (C=O) groups excluding carboxylic acids is 2. The molecule has 7 nitrogen and oxygen atoms in total. The van der Waals surface area contributed by atoms with Crippen LogP contribution in [0.5, 0.6) is 0 Å². The van der Waals surface area contributed by atoms with E-state index >= 15 is 0 Å². The number of hydrogen-bond acceptors (Lipinski definition) is 5. The minimum absolute atomic E-state index is 0.121. The Bertz CT molecular complexity index is 1100. The molecule has 2 fully saturated rings. The van der Waals surface area contributed by atoms with Crippen molar-refractivity contribution in [3.63, 3.8) is 0 Å². The van der Waals surface area contributed by atoms with E-state index in [0.29, 0.717) is 23.6 Å².